The normalized spacial score (nSPS) is 11.6. The highest BCUT2D eigenvalue weighted by molar-refractivity contribution is 9.10. The molecular formula is C13H21BrN2. The van der Waals surface area contributed by atoms with Crippen LogP contribution in [0.25, 0.3) is 0 Å². The van der Waals surface area contributed by atoms with Crippen LogP contribution in [0.5, 0.6) is 0 Å². The second kappa shape index (κ2) is 5.69. The first-order valence-electron chi connectivity index (χ1n) is 5.65. The Balaban J connectivity index is 2.57. The number of anilines is 1. The summed E-state index contributed by atoms with van der Waals surface area (Å²) in [6.45, 7) is 8.24. The smallest absolute Gasteiger partial charge is 0.0351 e. The standard InChI is InChI=1S/C13H21BrN2/c1-10-4-5-11(8-12(10)14)16-9-13(2,3)6-7-15/h4-5,8,16H,6-7,9,15H2,1-3H3. The molecule has 0 unspecified atom stereocenters. The van der Waals surface area contributed by atoms with Gasteiger partial charge >= 0.3 is 0 Å². The van der Waals surface area contributed by atoms with Gasteiger partial charge in [-0.3, -0.25) is 0 Å². The molecule has 0 aromatic heterocycles. The van der Waals surface area contributed by atoms with Crippen molar-refractivity contribution >= 4 is 21.6 Å². The van der Waals surface area contributed by atoms with Gasteiger partial charge in [0.15, 0.2) is 0 Å². The topological polar surface area (TPSA) is 38.0 Å². The lowest BCUT2D eigenvalue weighted by Crippen LogP contribution is -2.26. The second-order valence-electron chi connectivity index (χ2n) is 5.02. The van der Waals surface area contributed by atoms with Crippen molar-refractivity contribution in [2.24, 2.45) is 11.1 Å². The van der Waals surface area contributed by atoms with Gasteiger partial charge in [0.25, 0.3) is 0 Å². The lowest BCUT2D eigenvalue weighted by molar-refractivity contribution is 0.365. The quantitative estimate of drug-likeness (QED) is 0.868. The molecule has 0 spiro atoms. The minimum absolute atomic E-state index is 0.242. The molecule has 0 amide bonds. The third-order valence-electron chi connectivity index (χ3n) is 2.76. The van der Waals surface area contributed by atoms with Gasteiger partial charge in [-0.2, -0.15) is 0 Å². The average molecular weight is 285 g/mol. The van der Waals surface area contributed by atoms with Crippen molar-refractivity contribution in [3.8, 4) is 0 Å². The lowest BCUT2D eigenvalue weighted by atomic mass is 9.89. The van der Waals surface area contributed by atoms with Gasteiger partial charge < -0.3 is 11.1 Å². The van der Waals surface area contributed by atoms with E-state index in [9.17, 15) is 0 Å². The number of halogens is 1. The third-order valence-corrected chi connectivity index (χ3v) is 3.62. The maximum Gasteiger partial charge on any atom is 0.0351 e. The molecule has 0 fully saturated rings. The molecule has 0 bridgehead atoms. The van der Waals surface area contributed by atoms with E-state index in [-0.39, 0.29) is 5.41 Å². The van der Waals surface area contributed by atoms with Crippen molar-refractivity contribution in [2.45, 2.75) is 27.2 Å². The zero-order valence-electron chi connectivity index (χ0n) is 10.3. The SMILES string of the molecule is Cc1ccc(NCC(C)(C)CCN)cc1Br. The first-order valence-corrected chi connectivity index (χ1v) is 6.44. The van der Waals surface area contributed by atoms with Crippen molar-refractivity contribution in [2.75, 3.05) is 18.4 Å². The van der Waals surface area contributed by atoms with Gasteiger partial charge in [0.05, 0.1) is 0 Å². The van der Waals surface area contributed by atoms with Crippen LogP contribution in [-0.2, 0) is 0 Å². The number of hydrogen-bond donors (Lipinski definition) is 2. The van der Waals surface area contributed by atoms with Gasteiger partial charge in [-0.1, -0.05) is 35.8 Å². The average Bonchev–Trinajstić information content (AvgIpc) is 2.20. The fraction of sp³-hybridized carbons (Fsp3) is 0.538. The van der Waals surface area contributed by atoms with E-state index in [0.29, 0.717) is 0 Å². The predicted octanol–water partition coefficient (Wildman–Crippen LogP) is 3.54. The molecular weight excluding hydrogens is 264 g/mol. The summed E-state index contributed by atoms with van der Waals surface area (Å²) in [6.07, 6.45) is 1.03. The zero-order chi connectivity index (χ0) is 12.2. The molecule has 3 heteroatoms. The highest BCUT2D eigenvalue weighted by Gasteiger charge is 2.16. The Morgan fingerprint density at radius 2 is 2.06 bits per heavy atom. The monoisotopic (exact) mass is 284 g/mol. The minimum Gasteiger partial charge on any atom is -0.384 e. The number of hydrogen-bond acceptors (Lipinski definition) is 2. The Kier molecular flexibility index (Phi) is 4.81. The molecule has 0 atom stereocenters. The Labute approximate surface area is 107 Å². The molecule has 0 aliphatic rings. The summed E-state index contributed by atoms with van der Waals surface area (Å²) in [6, 6.07) is 6.34. The van der Waals surface area contributed by atoms with E-state index >= 15 is 0 Å². The highest BCUT2D eigenvalue weighted by atomic mass is 79.9. The predicted molar refractivity (Wildman–Crippen MR) is 74.8 cm³/mol. The molecule has 1 aromatic carbocycles. The van der Waals surface area contributed by atoms with Gasteiger partial charge in [-0.05, 0) is 43.0 Å². The zero-order valence-corrected chi connectivity index (χ0v) is 11.9. The van der Waals surface area contributed by atoms with Crippen molar-refractivity contribution in [3.63, 3.8) is 0 Å². The van der Waals surface area contributed by atoms with Crippen LogP contribution in [0, 0.1) is 12.3 Å². The van der Waals surface area contributed by atoms with E-state index in [4.69, 9.17) is 5.73 Å². The van der Waals surface area contributed by atoms with Gasteiger partial charge in [-0.25, -0.2) is 0 Å². The van der Waals surface area contributed by atoms with E-state index in [1.165, 1.54) is 5.56 Å². The Morgan fingerprint density at radius 1 is 1.38 bits per heavy atom. The first kappa shape index (κ1) is 13.5. The molecule has 0 aliphatic heterocycles. The van der Waals surface area contributed by atoms with Crippen molar-refractivity contribution in [1.29, 1.82) is 0 Å². The molecule has 16 heavy (non-hydrogen) atoms. The number of nitrogens with one attached hydrogen (secondary N) is 1. The number of aryl methyl sites for hydroxylation is 1. The van der Waals surface area contributed by atoms with Crippen molar-refractivity contribution in [1.82, 2.24) is 0 Å². The molecule has 0 aliphatic carbocycles. The number of benzene rings is 1. The van der Waals surface area contributed by atoms with Gasteiger partial charge in [-0.15, -0.1) is 0 Å². The molecule has 0 radical (unpaired) electrons. The maximum atomic E-state index is 5.59. The summed E-state index contributed by atoms with van der Waals surface area (Å²) in [5.74, 6) is 0. The van der Waals surface area contributed by atoms with Crippen LogP contribution in [0.3, 0.4) is 0 Å². The molecule has 0 heterocycles. The van der Waals surface area contributed by atoms with Crippen LogP contribution in [0.2, 0.25) is 0 Å². The maximum absolute atomic E-state index is 5.59. The van der Waals surface area contributed by atoms with E-state index in [0.717, 1.165) is 29.7 Å². The summed E-state index contributed by atoms with van der Waals surface area (Å²) in [7, 11) is 0. The first-order chi connectivity index (χ1) is 7.44. The second-order valence-corrected chi connectivity index (χ2v) is 5.87. The summed E-state index contributed by atoms with van der Waals surface area (Å²) in [5, 5.41) is 3.45. The van der Waals surface area contributed by atoms with E-state index in [1.807, 2.05) is 0 Å². The molecule has 0 saturated heterocycles. The van der Waals surface area contributed by atoms with Crippen LogP contribution in [0.4, 0.5) is 5.69 Å². The lowest BCUT2D eigenvalue weighted by Gasteiger charge is -2.25. The van der Waals surface area contributed by atoms with Crippen LogP contribution in [-0.4, -0.2) is 13.1 Å². The highest BCUT2D eigenvalue weighted by Crippen LogP contribution is 2.23. The Bertz CT molecular complexity index is 348. The van der Waals surface area contributed by atoms with Gasteiger partial charge in [0.2, 0.25) is 0 Å². The fourth-order valence-electron chi connectivity index (χ4n) is 1.52. The van der Waals surface area contributed by atoms with Crippen LogP contribution in [0.15, 0.2) is 22.7 Å². The molecule has 3 N–H and O–H groups in total. The summed E-state index contributed by atoms with van der Waals surface area (Å²) in [4.78, 5) is 0. The van der Waals surface area contributed by atoms with Crippen LogP contribution >= 0.6 is 15.9 Å². The molecule has 90 valence electrons. The van der Waals surface area contributed by atoms with Crippen molar-refractivity contribution in [3.05, 3.63) is 28.2 Å². The van der Waals surface area contributed by atoms with Gasteiger partial charge in [0.1, 0.15) is 0 Å². The summed E-state index contributed by atoms with van der Waals surface area (Å²) in [5.41, 5.74) is 8.25. The van der Waals surface area contributed by atoms with E-state index < -0.39 is 0 Å². The largest absolute Gasteiger partial charge is 0.384 e. The fourth-order valence-corrected chi connectivity index (χ4v) is 1.90. The molecule has 0 saturated carbocycles. The Hall–Kier alpha value is -0.540. The number of nitrogens with two attached hydrogens (primary N) is 1. The van der Waals surface area contributed by atoms with Crippen LogP contribution < -0.4 is 11.1 Å². The van der Waals surface area contributed by atoms with Crippen LogP contribution in [0.1, 0.15) is 25.8 Å². The summed E-state index contributed by atoms with van der Waals surface area (Å²) < 4.78 is 1.15. The van der Waals surface area contributed by atoms with E-state index in [1.54, 1.807) is 0 Å². The molecule has 1 aromatic rings. The number of rotatable bonds is 5. The van der Waals surface area contributed by atoms with Crippen molar-refractivity contribution < 1.29 is 0 Å². The molecule has 2 nitrogen and oxygen atoms in total. The third kappa shape index (κ3) is 4.14. The van der Waals surface area contributed by atoms with E-state index in [2.05, 4.69) is 60.2 Å². The van der Waals surface area contributed by atoms with Gasteiger partial charge in [0, 0.05) is 16.7 Å². The summed E-state index contributed by atoms with van der Waals surface area (Å²) >= 11 is 3.54. The minimum atomic E-state index is 0.242. The molecule has 1 rings (SSSR count). The Morgan fingerprint density at radius 3 is 2.62 bits per heavy atom.